The fourth-order valence-corrected chi connectivity index (χ4v) is 1.31. The Labute approximate surface area is 126 Å². The normalized spacial score (nSPS) is 14.1. The molecule has 1 rings (SSSR count). The lowest BCUT2D eigenvalue weighted by atomic mass is 10.4. The molecular formula is C12H21IN4O. The van der Waals surface area contributed by atoms with Gasteiger partial charge in [0, 0.05) is 19.0 Å². The number of carbonyl (C=O) groups excluding carboxylic acids is 1. The molecule has 1 aliphatic carbocycles. The van der Waals surface area contributed by atoms with Crippen LogP contribution in [0.25, 0.3) is 0 Å². The molecule has 0 aromatic rings. The third-order valence-corrected chi connectivity index (χ3v) is 2.33. The molecule has 6 heteroatoms. The summed E-state index contributed by atoms with van der Waals surface area (Å²) in [6.45, 7) is 4.34. The standard InChI is InChI=1S/C12H20N4O.HI/c1-3-7-15-12(13-4-2)16-9-8-14-11(17)10-5-6-10;/h1,10H,4-9H2,2H3,(H,14,17)(H2,13,15,16);1H. The number of rotatable bonds is 6. The number of terminal acetylenes is 1. The molecule has 0 radical (unpaired) electrons. The van der Waals surface area contributed by atoms with E-state index in [4.69, 9.17) is 6.42 Å². The van der Waals surface area contributed by atoms with Crippen LogP contribution in [0, 0.1) is 18.3 Å². The van der Waals surface area contributed by atoms with Gasteiger partial charge in [0.05, 0.1) is 13.1 Å². The predicted molar refractivity (Wildman–Crippen MR) is 84.0 cm³/mol. The molecule has 1 aliphatic rings. The molecule has 0 bridgehead atoms. The molecule has 0 spiro atoms. The molecule has 1 saturated carbocycles. The number of guanidine groups is 1. The van der Waals surface area contributed by atoms with E-state index in [1.807, 2.05) is 6.92 Å². The number of amides is 1. The van der Waals surface area contributed by atoms with Crippen molar-refractivity contribution >= 4 is 35.8 Å². The molecule has 0 saturated heterocycles. The minimum absolute atomic E-state index is 0. The third kappa shape index (κ3) is 7.37. The van der Waals surface area contributed by atoms with Gasteiger partial charge in [-0.15, -0.1) is 30.4 Å². The Morgan fingerprint density at radius 3 is 2.67 bits per heavy atom. The maximum Gasteiger partial charge on any atom is 0.223 e. The second-order valence-electron chi connectivity index (χ2n) is 3.88. The van der Waals surface area contributed by atoms with Crippen LogP contribution >= 0.6 is 24.0 Å². The minimum Gasteiger partial charge on any atom is -0.357 e. The first-order valence-electron chi connectivity index (χ1n) is 6.01. The number of nitrogens with zero attached hydrogens (tertiary/aromatic N) is 1. The van der Waals surface area contributed by atoms with E-state index in [2.05, 4.69) is 26.9 Å². The van der Waals surface area contributed by atoms with Crippen molar-refractivity contribution in [2.45, 2.75) is 19.8 Å². The Morgan fingerprint density at radius 1 is 1.39 bits per heavy atom. The molecule has 0 aliphatic heterocycles. The zero-order valence-corrected chi connectivity index (χ0v) is 13.0. The van der Waals surface area contributed by atoms with Crippen LogP contribution in [-0.2, 0) is 4.79 Å². The Hall–Kier alpha value is -0.970. The maximum atomic E-state index is 11.3. The molecule has 0 atom stereocenters. The Bertz CT molecular complexity index is 321. The van der Waals surface area contributed by atoms with Crippen molar-refractivity contribution in [1.82, 2.24) is 16.0 Å². The third-order valence-electron chi connectivity index (χ3n) is 2.33. The average Bonchev–Trinajstić information content (AvgIpc) is 3.15. The molecule has 0 unspecified atom stereocenters. The summed E-state index contributed by atoms with van der Waals surface area (Å²) in [6, 6.07) is 0. The summed E-state index contributed by atoms with van der Waals surface area (Å²) in [6.07, 6.45) is 7.21. The highest BCUT2D eigenvalue weighted by atomic mass is 127. The molecule has 5 nitrogen and oxygen atoms in total. The summed E-state index contributed by atoms with van der Waals surface area (Å²) in [5.74, 6) is 3.58. The van der Waals surface area contributed by atoms with Gasteiger partial charge >= 0.3 is 0 Å². The first-order chi connectivity index (χ1) is 8.27. The molecule has 102 valence electrons. The Kier molecular flexibility index (Phi) is 9.46. The number of hydrogen-bond donors (Lipinski definition) is 3. The van der Waals surface area contributed by atoms with E-state index in [1.165, 1.54) is 0 Å². The molecule has 18 heavy (non-hydrogen) atoms. The highest BCUT2D eigenvalue weighted by Gasteiger charge is 2.28. The van der Waals surface area contributed by atoms with E-state index in [-0.39, 0.29) is 35.8 Å². The lowest BCUT2D eigenvalue weighted by Crippen LogP contribution is -2.38. The van der Waals surface area contributed by atoms with Gasteiger partial charge in [0.2, 0.25) is 5.91 Å². The van der Waals surface area contributed by atoms with Gasteiger partial charge in [-0.1, -0.05) is 5.92 Å². The lowest BCUT2D eigenvalue weighted by Gasteiger charge is -2.08. The van der Waals surface area contributed by atoms with E-state index < -0.39 is 0 Å². The number of aliphatic imine (C=N–C) groups is 1. The van der Waals surface area contributed by atoms with Crippen LogP contribution in [-0.4, -0.2) is 38.0 Å². The fraction of sp³-hybridized carbons (Fsp3) is 0.667. The smallest absolute Gasteiger partial charge is 0.223 e. The molecule has 1 fully saturated rings. The number of halogens is 1. The summed E-state index contributed by atoms with van der Waals surface area (Å²) in [5, 5.41) is 8.91. The quantitative estimate of drug-likeness (QED) is 0.209. The SMILES string of the molecule is C#CCNC(=NCCNC(=O)C1CC1)NCC.I. The van der Waals surface area contributed by atoms with Crippen molar-refractivity contribution < 1.29 is 4.79 Å². The average molecular weight is 364 g/mol. The summed E-state index contributed by atoms with van der Waals surface area (Å²) >= 11 is 0. The maximum absolute atomic E-state index is 11.3. The van der Waals surface area contributed by atoms with E-state index >= 15 is 0 Å². The summed E-state index contributed by atoms with van der Waals surface area (Å²) in [7, 11) is 0. The molecular weight excluding hydrogens is 343 g/mol. The molecule has 1 amide bonds. The predicted octanol–water partition coefficient (Wildman–Crippen LogP) is 0.319. The zero-order chi connectivity index (χ0) is 12.5. The second-order valence-corrected chi connectivity index (χ2v) is 3.88. The van der Waals surface area contributed by atoms with Gasteiger partial charge in [0.25, 0.3) is 0 Å². The molecule has 0 heterocycles. The van der Waals surface area contributed by atoms with E-state index in [1.54, 1.807) is 0 Å². The van der Waals surface area contributed by atoms with Crippen molar-refractivity contribution in [3.8, 4) is 12.3 Å². The zero-order valence-electron chi connectivity index (χ0n) is 10.7. The largest absolute Gasteiger partial charge is 0.357 e. The lowest BCUT2D eigenvalue weighted by molar-refractivity contribution is -0.122. The van der Waals surface area contributed by atoms with Crippen LogP contribution in [0.5, 0.6) is 0 Å². The van der Waals surface area contributed by atoms with Crippen LogP contribution in [0.2, 0.25) is 0 Å². The molecule has 0 aromatic carbocycles. The van der Waals surface area contributed by atoms with E-state index in [0.29, 0.717) is 25.6 Å². The monoisotopic (exact) mass is 364 g/mol. The number of nitrogens with one attached hydrogen (secondary N) is 3. The first kappa shape index (κ1) is 17.0. The van der Waals surface area contributed by atoms with Crippen molar-refractivity contribution in [2.75, 3.05) is 26.2 Å². The van der Waals surface area contributed by atoms with Gasteiger partial charge in [0.15, 0.2) is 5.96 Å². The van der Waals surface area contributed by atoms with Crippen LogP contribution in [0.3, 0.4) is 0 Å². The molecule has 3 N–H and O–H groups in total. The highest BCUT2D eigenvalue weighted by molar-refractivity contribution is 14.0. The van der Waals surface area contributed by atoms with Gasteiger partial charge in [0.1, 0.15) is 0 Å². The summed E-state index contributed by atoms with van der Waals surface area (Å²) in [4.78, 5) is 15.6. The second kappa shape index (κ2) is 10.00. The van der Waals surface area contributed by atoms with Crippen molar-refractivity contribution in [3.05, 3.63) is 0 Å². The summed E-state index contributed by atoms with van der Waals surface area (Å²) < 4.78 is 0. The van der Waals surface area contributed by atoms with Gasteiger partial charge < -0.3 is 16.0 Å². The Morgan fingerprint density at radius 2 is 2.11 bits per heavy atom. The van der Waals surface area contributed by atoms with Gasteiger partial charge in [-0.25, -0.2) is 0 Å². The van der Waals surface area contributed by atoms with Crippen molar-refractivity contribution in [2.24, 2.45) is 10.9 Å². The van der Waals surface area contributed by atoms with Crippen LogP contribution in [0.15, 0.2) is 4.99 Å². The van der Waals surface area contributed by atoms with Crippen molar-refractivity contribution in [3.63, 3.8) is 0 Å². The van der Waals surface area contributed by atoms with Gasteiger partial charge in [-0.3, -0.25) is 9.79 Å². The summed E-state index contributed by atoms with van der Waals surface area (Å²) in [5.41, 5.74) is 0. The molecule has 0 aromatic heterocycles. The minimum atomic E-state index is 0. The van der Waals surface area contributed by atoms with Gasteiger partial charge in [-0.2, -0.15) is 0 Å². The van der Waals surface area contributed by atoms with Gasteiger partial charge in [-0.05, 0) is 19.8 Å². The fourth-order valence-electron chi connectivity index (χ4n) is 1.31. The highest BCUT2D eigenvalue weighted by Crippen LogP contribution is 2.28. The first-order valence-corrected chi connectivity index (χ1v) is 6.01. The number of hydrogen-bond acceptors (Lipinski definition) is 2. The van der Waals surface area contributed by atoms with E-state index in [0.717, 1.165) is 19.4 Å². The van der Waals surface area contributed by atoms with Crippen molar-refractivity contribution in [1.29, 1.82) is 0 Å². The van der Waals surface area contributed by atoms with Crippen LogP contribution in [0.1, 0.15) is 19.8 Å². The topological polar surface area (TPSA) is 65.5 Å². The Balaban J connectivity index is 0.00000289. The van der Waals surface area contributed by atoms with E-state index in [9.17, 15) is 4.79 Å². The number of carbonyl (C=O) groups is 1. The van der Waals surface area contributed by atoms with Crippen LogP contribution < -0.4 is 16.0 Å². The van der Waals surface area contributed by atoms with Crippen LogP contribution in [0.4, 0.5) is 0 Å².